The number of amides is 1. The summed E-state index contributed by atoms with van der Waals surface area (Å²) in [6, 6.07) is -0.0538. The van der Waals surface area contributed by atoms with Gasteiger partial charge in [-0.25, -0.2) is 4.79 Å². The van der Waals surface area contributed by atoms with Crippen LogP contribution in [0, 0.1) is 5.92 Å². The third-order valence-corrected chi connectivity index (χ3v) is 3.73. The lowest BCUT2D eigenvalue weighted by Crippen LogP contribution is -2.40. The zero-order valence-corrected chi connectivity index (χ0v) is 13.7. The van der Waals surface area contributed by atoms with E-state index in [2.05, 4.69) is 17.1 Å². The van der Waals surface area contributed by atoms with Crippen molar-refractivity contribution in [2.24, 2.45) is 5.92 Å². The molecule has 0 aliphatic heterocycles. The van der Waals surface area contributed by atoms with E-state index in [-0.39, 0.29) is 12.1 Å². The van der Waals surface area contributed by atoms with E-state index in [9.17, 15) is 4.79 Å². The minimum atomic E-state index is -0.494. The molecule has 6 nitrogen and oxygen atoms in total. The molecule has 118 valence electrons. The predicted molar refractivity (Wildman–Crippen MR) is 78.0 cm³/mol. The Labute approximate surface area is 125 Å². The van der Waals surface area contributed by atoms with Gasteiger partial charge in [-0.15, -0.1) is 0 Å². The smallest absolute Gasteiger partial charge is 0.410 e. The van der Waals surface area contributed by atoms with Crippen molar-refractivity contribution in [1.82, 2.24) is 15.0 Å². The SMILES string of the molecule is C[C@@H]1C[C@H]1c1nc(C[C@@H](C)N(C)C(=O)OC(C)(C)C)no1. The predicted octanol–water partition coefficient (Wildman–Crippen LogP) is 2.99. The van der Waals surface area contributed by atoms with E-state index in [1.54, 1.807) is 11.9 Å². The summed E-state index contributed by atoms with van der Waals surface area (Å²) in [5, 5.41) is 4.00. The number of hydrogen-bond donors (Lipinski definition) is 0. The molecule has 0 radical (unpaired) electrons. The maximum atomic E-state index is 12.0. The molecule has 6 heteroatoms. The molecule has 1 saturated carbocycles. The number of likely N-dealkylation sites (N-methyl/N-ethyl adjacent to an activating group) is 1. The van der Waals surface area contributed by atoms with Crippen molar-refractivity contribution in [1.29, 1.82) is 0 Å². The Bertz CT molecular complexity index is 507. The van der Waals surface area contributed by atoms with Crippen LogP contribution in [0.2, 0.25) is 0 Å². The van der Waals surface area contributed by atoms with Gasteiger partial charge >= 0.3 is 6.09 Å². The van der Waals surface area contributed by atoms with E-state index in [0.717, 1.165) is 12.3 Å². The minimum absolute atomic E-state index is 0.0538. The van der Waals surface area contributed by atoms with Gasteiger partial charge in [0, 0.05) is 25.4 Å². The zero-order valence-electron chi connectivity index (χ0n) is 13.7. The summed E-state index contributed by atoms with van der Waals surface area (Å²) in [6.45, 7) is 9.68. The third kappa shape index (κ3) is 4.19. The molecule has 2 rings (SSSR count). The van der Waals surface area contributed by atoms with Crippen LogP contribution >= 0.6 is 0 Å². The quantitative estimate of drug-likeness (QED) is 0.854. The molecule has 1 fully saturated rings. The third-order valence-electron chi connectivity index (χ3n) is 3.73. The van der Waals surface area contributed by atoms with E-state index in [1.807, 2.05) is 27.7 Å². The molecule has 1 aliphatic carbocycles. The van der Waals surface area contributed by atoms with Crippen LogP contribution in [-0.2, 0) is 11.2 Å². The molecular weight excluding hydrogens is 270 g/mol. The summed E-state index contributed by atoms with van der Waals surface area (Å²) in [6.07, 6.45) is 1.34. The van der Waals surface area contributed by atoms with E-state index in [0.29, 0.717) is 24.1 Å². The van der Waals surface area contributed by atoms with Gasteiger partial charge in [0.25, 0.3) is 0 Å². The Kier molecular flexibility index (Phi) is 4.25. The fourth-order valence-corrected chi connectivity index (χ4v) is 2.08. The second kappa shape index (κ2) is 5.66. The summed E-state index contributed by atoms with van der Waals surface area (Å²) >= 11 is 0. The first kappa shape index (κ1) is 15.8. The Morgan fingerprint density at radius 2 is 2.14 bits per heavy atom. The van der Waals surface area contributed by atoms with E-state index >= 15 is 0 Å². The van der Waals surface area contributed by atoms with Crippen molar-refractivity contribution in [3.05, 3.63) is 11.7 Å². The highest BCUT2D eigenvalue weighted by Crippen LogP contribution is 2.45. The van der Waals surface area contributed by atoms with Crippen molar-refractivity contribution < 1.29 is 14.1 Å². The molecule has 1 aromatic heterocycles. The van der Waals surface area contributed by atoms with Gasteiger partial charge in [0.2, 0.25) is 5.89 Å². The molecule has 1 aromatic rings. The van der Waals surface area contributed by atoms with Crippen LogP contribution < -0.4 is 0 Å². The van der Waals surface area contributed by atoms with Crippen LogP contribution in [0.1, 0.15) is 58.7 Å². The van der Waals surface area contributed by atoms with Gasteiger partial charge in [-0.3, -0.25) is 0 Å². The second-order valence-corrected chi connectivity index (χ2v) is 7.01. The summed E-state index contributed by atoms with van der Waals surface area (Å²) in [5.41, 5.74) is -0.494. The van der Waals surface area contributed by atoms with Crippen molar-refractivity contribution in [3.8, 4) is 0 Å². The highest BCUT2D eigenvalue weighted by Gasteiger charge is 2.39. The maximum absolute atomic E-state index is 12.0. The maximum Gasteiger partial charge on any atom is 0.410 e. The molecule has 0 saturated heterocycles. The minimum Gasteiger partial charge on any atom is -0.444 e. The normalized spacial score (nSPS) is 22.8. The Hall–Kier alpha value is -1.59. The number of hydrogen-bond acceptors (Lipinski definition) is 5. The number of ether oxygens (including phenoxy) is 1. The monoisotopic (exact) mass is 295 g/mol. The van der Waals surface area contributed by atoms with Gasteiger partial charge in [-0.2, -0.15) is 4.98 Å². The summed E-state index contributed by atoms with van der Waals surface area (Å²) < 4.78 is 10.6. The second-order valence-electron chi connectivity index (χ2n) is 7.01. The fourth-order valence-electron chi connectivity index (χ4n) is 2.08. The Balaban J connectivity index is 1.89. The lowest BCUT2D eigenvalue weighted by molar-refractivity contribution is 0.0234. The largest absolute Gasteiger partial charge is 0.444 e. The number of aromatic nitrogens is 2. The number of carbonyl (C=O) groups excluding carboxylic acids is 1. The van der Waals surface area contributed by atoms with Crippen molar-refractivity contribution in [2.45, 2.75) is 65.0 Å². The topological polar surface area (TPSA) is 68.5 Å². The van der Waals surface area contributed by atoms with Gasteiger partial charge < -0.3 is 14.2 Å². The molecule has 0 bridgehead atoms. The molecule has 0 aromatic carbocycles. The summed E-state index contributed by atoms with van der Waals surface area (Å²) in [5.74, 6) is 2.43. The van der Waals surface area contributed by atoms with Crippen LogP contribution in [0.5, 0.6) is 0 Å². The molecule has 21 heavy (non-hydrogen) atoms. The molecular formula is C15H25N3O3. The van der Waals surface area contributed by atoms with Crippen LogP contribution in [0.3, 0.4) is 0 Å². The highest BCUT2D eigenvalue weighted by atomic mass is 16.6. The fraction of sp³-hybridized carbons (Fsp3) is 0.800. The van der Waals surface area contributed by atoms with Gasteiger partial charge in [-0.1, -0.05) is 12.1 Å². The summed E-state index contributed by atoms with van der Waals surface area (Å²) in [7, 11) is 1.72. The van der Waals surface area contributed by atoms with Crippen LogP contribution in [0.25, 0.3) is 0 Å². The van der Waals surface area contributed by atoms with Gasteiger partial charge in [-0.05, 0) is 40.0 Å². The lowest BCUT2D eigenvalue weighted by atomic mass is 10.2. The van der Waals surface area contributed by atoms with E-state index in [4.69, 9.17) is 9.26 Å². The standard InChI is InChI=1S/C15H25N3O3/c1-9-7-11(9)13-16-12(17-21-13)8-10(2)18(6)14(19)20-15(3,4)5/h9-11H,7-8H2,1-6H3/t9-,10-,11-/m1/s1. The molecule has 3 atom stereocenters. The van der Waals surface area contributed by atoms with Crippen molar-refractivity contribution in [3.63, 3.8) is 0 Å². The molecule has 0 unspecified atom stereocenters. The number of rotatable bonds is 4. The molecule has 0 spiro atoms. The first-order valence-electron chi connectivity index (χ1n) is 7.45. The van der Waals surface area contributed by atoms with Crippen molar-refractivity contribution in [2.75, 3.05) is 7.05 Å². The number of carbonyl (C=O) groups is 1. The Morgan fingerprint density at radius 1 is 1.52 bits per heavy atom. The average Bonchev–Trinajstić information content (AvgIpc) is 2.90. The Morgan fingerprint density at radius 3 is 2.67 bits per heavy atom. The van der Waals surface area contributed by atoms with E-state index in [1.165, 1.54) is 0 Å². The van der Waals surface area contributed by atoms with Crippen LogP contribution in [-0.4, -0.2) is 39.8 Å². The summed E-state index contributed by atoms with van der Waals surface area (Å²) in [4.78, 5) is 18.0. The van der Waals surface area contributed by atoms with Crippen molar-refractivity contribution >= 4 is 6.09 Å². The van der Waals surface area contributed by atoms with Gasteiger partial charge in [0.15, 0.2) is 5.82 Å². The van der Waals surface area contributed by atoms with Crippen LogP contribution in [0.15, 0.2) is 4.52 Å². The molecule has 0 N–H and O–H groups in total. The zero-order chi connectivity index (χ0) is 15.8. The lowest BCUT2D eigenvalue weighted by Gasteiger charge is -2.28. The van der Waals surface area contributed by atoms with Gasteiger partial charge in [0.05, 0.1) is 0 Å². The molecule has 1 heterocycles. The average molecular weight is 295 g/mol. The number of nitrogens with zero attached hydrogens (tertiary/aromatic N) is 3. The molecule has 1 amide bonds. The van der Waals surface area contributed by atoms with E-state index < -0.39 is 5.60 Å². The van der Waals surface area contributed by atoms with Crippen LogP contribution in [0.4, 0.5) is 4.79 Å². The highest BCUT2D eigenvalue weighted by molar-refractivity contribution is 5.68. The molecule has 1 aliphatic rings. The van der Waals surface area contributed by atoms with Gasteiger partial charge in [0.1, 0.15) is 5.60 Å². The first-order valence-corrected chi connectivity index (χ1v) is 7.45. The first-order chi connectivity index (χ1) is 9.67.